The molecule has 1 heterocycles. The predicted molar refractivity (Wildman–Crippen MR) is 60.1 cm³/mol. The molecule has 0 fully saturated rings. The van der Waals surface area contributed by atoms with E-state index in [-0.39, 0.29) is 6.10 Å². The molecule has 6 nitrogen and oxygen atoms in total. The normalized spacial score (nSPS) is 12.9. The molecule has 1 aromatic rings. The maximum Gasteiger partial charge on any atom is 0.164 e. The molecule has 92 valence electrons. The summed E-state index contributed by atoms with van der Waals surface area (Å²) < 4.78 is 11.9. The van der Waals surface area contributed by atoms with E-state index < -0.39 is 0 Å². The van der Waals surface area contributed by atoms with Crippen molar-refractivity contribution in [2.45, 2.75) is 26.1 Å². The van der Waals surface area contributed by atoms with Gasteiger partial charge < -0.3 is 14.8 Å². The maximum atomic E-state index is 5.16. The molecule has 16 heavy (non-hydrogen) atoms. The summed E-state index contributed by atoms with van der Waals surface area (Å²) in [6.07, 6.45) is 1.87. The van der Waals surface area contributed by atoms with E-state index in [1.165, 1.54) is 0 Å². The van der Waals surface area contributed by atoms with Gasteiger partial charge in [-0.1, -0.05) is 0 Å². The summed E-state index contributed by atoms with van der Waals surface area (Å²) in [5.41, 5.74) is 0. The van der Waals surface area contributed by atoms with Gasteiger partial charge in [0.25, 0.3) is 0 Å². The van der Waals surface area contributed by atoms with Crippen LogP contribution in [0.1, 0.15) is 12.7 Å². The van der Waals surface area contributed by atoms with E-state index in [0.29, 0.717) is 13.2 Å². The van der Waals surface area contributed by atoms with Gasteiger partial charge in [0, 0.05) is 20.8 Å². The zero-order valence-corrected chi connectivity index (χ0v) is 10.1. The van der Waals surface area contributed by atoms with Crippen LogP contribution in [0.25, 0.3) is 0 Å². The second-order valence-electron chi connectivity index (χ2n) is 3.60. The zero-order chi connectivity index (χ0) is 11.8. The van der Waals surface area contributed by atoms with Crippen LogP contribution in [0.5, 0.6) is 0 Å². The van der Waals surface area contributed by atoms with Gasteiger partial charge in [0.05, 0.1) is 25.8 Å². The minimum atomic E-state index is 0.149. The Labute approximate surface area is 96.0 Å². The van der Waals surface area contributed by atoms with E-state index in [2.05, 4.69) is 15.4 Å². The van der Waals surface area contributed by atoms with Crippen molar-refractivity contribution >= 4 is 0 Å². The van der Waals surface area contributed by atoms with Gasteiger partial charge in [0.15, 0.2) is 5.82 Å². The Hall–Kier alpha value is -0.980. The van der Waals surface area contributed by atoms with Crippen LogP contribution in [0.4, 0.5) is 0 Å². The molecule has 0 radical (unpaired) electrons. The number of ether oxygens (including phenoxy) is 2. The molecule has 0 aliphatic rings. The van der Waals surface area contributed by atoms with E-state index in [0.717, 1.165) is 18.9 Å². The molecule has 0 aromatic carbocycles. The van der Waals surface area contributed by atoms with Crippen molar-refractivity contribution in [2.24, 2.45) is 0 Å². The number of methoxy groups -OCH3 is 2. The number of hydrogen-bond donors (Lipinski definition) is 1. The second kappa shape index (κ2) is 7.32. The molecular formula is C10H20N4O2. The van der Waals surface area contributed by atoms with Gasteiger partial charge in [-0.25, -0.2) is 4.98 Å². The molecule has 1 unspecified atom stereocenters. The average Bonchev–Trinajstić information content (AvgIpc) is 2.72. The standard InChI is InChI=1S/C10H20N4O2/c1-9(16-3)7-14-8-12-10(13-14)6-11-4-5-15-2/h8-9,11H,4-7H2,1-3H3. The summed E-state index contributed by atoms with van der Waals surface area (Å²) in [5.74, 6) is 0.791. The Morgan fingerprint density at radius 1 is 1.50 bits per heavy atom. The SMILES string of the molecule is COCCNCc1ncn(CC(C)OC)n1. The van der Waals surface area contributed by atoms with Gasteiger partial charge in [-0.15, -0.1) is 0 Å². The average molecular weight is 228 g/mol. The van der Waals surface area contributed by atoms with Gasteiger partial charge in [-0.05, 0) is 6.92 Å². The summed E-state index contributed by atoms with van der Waals surface area (Å²) in [6.45, 7) is 4.89. The Balaban J connectivity index is 2.28. The lowest BCUT2D eigenvalue weighted by atomic mass is 10.4. The highest BCUT2D eigenvalue weighted by Gasteiger charge is 2.04. The smallest absolute Gasteiger partial charge is 0.164 e. The molecule has 0 amide bonds. The molecule has 0 spiro atoms. The van der Waals surface area contributed by atoms with Crippen molar-refractivity contribution in [3.63, 3.8) is 0 Å². The van der Waals surface area contributed by atoms with Crippen LogP contribution >= 0.6 is 0 Å². The molecular weight excluding hydrogens is 208 g/mol. The number of nitrogens with one attached hydrogen (secondary N) is 1. The number of rotatable bonds is 8. The molecule has 6 heteroatoms. The molecule has 0 aliphatic heterocycles. The largest absolute Gasteiger partial charge is 0.383 e. The third-order valence-corrected chi connectivity index (χ3v) is 2.20. The second-order valence-corrected chi connectivity index (χ2v) is 3.60. The Kier molecular flexibility index (Phi) is 5.99. The highest BCUT2D eigenvalue weighted by atomic mass is 16.5. The minimum Gasteiger partial charge on any atom is -0.383 e. The van der Waals surface area contributed by atoms with E-state index in [9.17, 15) is 0 Å². The Morgan fingerprint density at radius 2 is 2.31 bits per heavy atom. The zero-order valence-electron chi connectivity index (χ0n) is 10.1. The van der Waals surface area contributed by atoms with E-state index in [1.54, 1.807) is 25.2 Å². The highest BCUT2D eigenvalue weighted by Crippen LogP contribution is 1.95. The minimum absolute atomic E-state index is 0.149. The van der Waals surface area contributed by atoms with E-state index in [1.807, 2.05) is 6.92 Å². The molecule has 1 N–H and O–H groups in total. The fraction of sp³-hybridized carbons (Fsp3) is 0.800. The number of nitrogens with zero attached hydrogens (tertiary/aromatic N) is 3. The lowest BCUT2D eigenvalue weighted by Gasteiger charge is -2.07. The van der Waals surface area contributed by atoms with Gasteiger partial charge in [0.2, 0.25) is 0 Å². The number of hydrogen-bond acceptors (Lipinski definition) is 5. The summed E-state index contributed by atoms with van der Waals surface area (Å²) in [4.78, 5) is 4.19. The first-order valence-electron chi connectivity index (χ1n) is 5.37. The van der Waals surface area contributed by atoms with E-state index >= 15 is 0 Å². The molecule has 0 saturated heterocycles. The van der Waals surface area contributed by atoms with Crippen LogP contribution in [-0.2, 0) is 22.6 Å². The fourth-order valence-corrected chi connectivity index (χ4v) is 1.21. The summed E-state index contributed by atoms with van der Waals surface area (Å²) >= 11 is 0. The summed E-state index contributed by atoms with van der Waals surface area (Å²) in [6, 6.07) is 0. The molecule has 0 aliphatic carbocycles. The van der Waals surface area contributed by atoms with Crippen LogP contribution in [0.2, 0.25) is 0 Å². The first-order valence-corrected chi connectivity index (χ1v) is 5.37. The van der Waals surface area contributed by atoms with Crippen molar-refractivity contribution in [1.29, 1.82) is 0 Å². The lowest BCUT2D eigenvalue weighted by Crippen LogP contribution is -2.20. The summed E-state index contributed by atoms with van der Waals surface area (Å²) in [5, 5.41) is 7.51. The lowest BCUT2D eigenvalue weighted by molar-refractivity contribution is 0.0996. The Bertz CT molecular complexity index is 290. The fourth-order valence-electron chi connectivity index (χ4n) is 1.21. The predicted octanol–water partition coefficient (Wildman–Crippen LogP) is 0.0490. The van der Waals surface area contributed by atoms with Gasteiger partial charge >= 0.3 is 0 Å². The van der Waals surface area contributed by atoms with Crippen LogP contribution in [0.15, 0.2) is 6.33 Å². The monoisotopic (exact) mass is 228 g/mol. The van der Waals surface area contributed by atoms with Crippen LogP contribution in [0, 0.1) is 0 Å². The van der Waals surface area contributed by atoms with Gasteiger partial charge in [0.1, 0.15) is 6.33 Å². The highest BCUT2D eigenvalue weighted by molar-refractivity contribution is 4.80. The van der Waals surface area contributed by atoms with Crippen LogP contribution in [-0.4, -0.2) is 48.2 Å². The van der Waals surface area contributed by atoms with Crippen molar-refractivity contribution in [3.8, 4) is 0 Å². The number of aromatic nitrogens is 3. The molecule has 0 saturated carbocycles. The quantitative estimate of drug-likeness (QED) is 0.637. The topological polar surface area (TPSA) is 61.2 Å². The van der Waals surface area contributed by atoms with Crippen molar-refractivity contribution in [1.82, 2.24) is 20.1 Å². The molecule has 0 bridgehead atoms. The van der Waals surface area contributed by atoms with Crippen LogP contribution < -0.4 is 5.32 Å². The van der Waals surface area contributed by atoms with Crippen molar-refractivity contribution in [3.05, 3.63) is 12.2 Å². The van der Waals surface area contributed by atoms with Crippen molar-refractivity contribution < 1.29 is 9.47 Å². The third-order valence-electron chi connectivity index (χ3n) is 2.20. The first kappa shape index (κ1) is 13.1. The van der Waals surface area contributed by atoms with Gasteiger partial charge in [-0.2, -0.15) is 5.10 Å². The molecule has 1 aromatic heterocycles. The van der Waals surface area contributed by atoms with E-state index in [4.69, 9.17) is 9.47 Å². The molecule has 1 atom stereocenters. The first-order chi connectivity index (χ1) is 7.76. The molecule has 1 rings (SSSR count). The van der Waals surface area contributed by atoms with Crippen molar-refractivity contribution in [2.75, 3.05) is 27.4 Å². The summed E-state index contributed by atoms with van der Waals surface area (Å²) in [7, 11) is 3.37. The van der Waals surface area contributed by atoms with Gasteiger partial charge in [-0.3, -0.25) is 4.68 Å². The third kappa shape index (κ3) is 4.69. The van der Waals surface area contributed by atoms with Crippen LogP contribution in [0.3, 0.4) is 0 Å². The maximum absolute atomic E-state index is 5.16. The Morgan fingerprint density at radius 3 is 3.00 bits per heavy atom.